The molecule has 1 aliphatic heterocycles. The first kappa shape index (κ1) is 22.3. The van der Waals surface area contributed by atoms with Gasteiger partial charge in [-0.05, 0) is 43.9 Å². The van der Waals surface area contributed by atoms with Crippen LogP contribution in [0, 0.1) is 11.7 Å². The zero-order chi connectivity index (χ0) is 22.4. The van der Waals surface area contributed by atoms with Crippen molar-refractivity contribution in [2.45, 2.75) is 19.8 Å². The Kier molecular flexibility index (Phi) is 7.22. The maximum atomic E-state index is 14.4. The summed E-state index contributed by atoms with van der Waals surface area (Å²) in [5.41, 5.74) is 0.323. The number of carboxylic acid groups (broad SMARTS) is 1. The average Bonchev–Trinajstić information content (AvgIpc) is 2.76. The fourth-order valence-corrected chi connectivity index (χ4v) is 3.51. The van der Waals surface area contributed by atoms with E-state index >= 15 is 0 Å². The van der Waals surface area contributed by atoms with Crippen molar-refractivity contribution >= 4 is 29.4 Å². The van der Waals surface area contributed by atoms with Gasteiger partial charge in [0.1, 0.15) is 23.8 Å². The number of rotatable bonds is 7. The summed E-state index contributed by atoms with van der Waals surface area (Å²) in [6.45, 7) is 3.70. The van der Waals surface area contributed by atoms with Gasteiger partial charge in [0.2, 0.25) is 0 Å². The molecule has 2 N–H and O–H groups in total. The molecule has 0 spiro atoms. The fraction of sp³-hybridized carbons (Fsp3) is 0.429. The molecule has 0 aliphatic carbocycles. The molecule has 0 bridgehead atoms. The van der Waals surface area contributed by atoms with Crippen LogP contribution in [0.4, 0.5) is 26.5 Å². The number of ether oxygens (including phenoxy) is 1. The Bertz CT molecular complexity index is 934. The van der Waals surface area contributed by atoms with Crippen molar-refractivity contribution in [3.63, 3.8) is 0 Å². The number of hydrogen-bond acceptors (Lipinski definition) is 7. The van der Waals surface area contributed by atoms with Gasteiger partial charge in [0.25, 0.3) is 0 Å². The zero-order valence-electron chi connectivity index (χ0n) is 17.5. The number of hydrogen-bond donors (Lipinski definition) is 2. The first-order chi connectivity index (χ1) is 14.9. The minimum absolute atomic E-state index is 0.141. The molecule has 10 heteroatoms. The van der Waals surface area contributed by atoms with Crippen LogP contribution in [0.3, 0.4) is 0 Å². The molecule has 9 nitrogen and oxygen atoms in total. The molecule has 1 aromatic carbocycles. The van der Waals surface area contributed by atoms with Crippen molar-refractivity contribution in [3.8, 4) is 0 Å². The lowest BCUT2D eigenvalue weighted by molar-refractivity contribution is 0.0525. The summed E-state index contributed by atoms with van der Waals surface area (Å²) in [6, 6.07) is 5.79. The summed E-state index contributed by atoms with van der Waals surface area (Å²) in [5, 5.41) is 12.0. The van der Waals surface area contributed by atoms with Crippen LogP contribution in [0.5, 0.6) is 0 Å². The summed E-state index contributed by atoms with van der Waals surface area (Å²) in [5.74, 6) is 0.277. The standard InChI is InChI=1S/C21H26FN5O4/c1-3-31-20(28)15-4-5-17(16(22)10-15)25-18-11-19(24-13-23-18)26(2)12-14-6-8-27(9-7-14)21(29)30/h4-5,10-11,13-14H,3,6-9,12H2,1-2H3,(H,29,30)(H,23,24,25). The van der Waals surface area contributed by atoms with Crippen LogP contribution in [0.25, 0.3) is 0 Å². The van der Waals surface area contributed by atoms with E-state index in [1.165, 1.54) is 23.4 Å². The van der Waals surface area contributed by atoms with E-state index in [0.717, 1.165) is 25.5 Å². The topological polar surface area (TPSA) is 108 Å². The molecular formula is C21H26FN5O4. The van der Waals surface area contributed by atoms with E-state index in [1.54, 1.807) is 13.0 Å². The number of nitrogens with one attached hydrogen (secondary N) is 1. The van der Waals surface area contributed by atoms with Crippen molar-refractivity contribution in [2.24, 2.45) is 5.92 Å². The van der Waals surface area contributed by atoms with Gasteiger partial charge in [0.05, 0.1) is 17.9 Å². The second kappa shape index (κ2) is 10.1. The average molecular weight is 431 g/mol. The maximum Gasteiger partial charge on any atom is 0.407 e. The smallest absolute Gasteiger partial charge is 0.407 e. The number of piperidine rings is 1. The first-order valence-electron chi connectivity index (χ1n) is 10.1. The predicted octanol–water partition coefficient (Wildman–Crippen LogP) is 3.36. The lowest BCUT2D eigenvalue weighted by Gasteiger charge is -2.32. The number of aromatic nitrogens is 2. The third-order valence-corrected chi connectivity index (χ3v) is 5.20. The number of likely N-dealkylation sites (tertiary alicyclic amines) is 1. The van der Waals surface area contributed by atoms with Gasteiger partial charge in [0, 0.05) is 32.7 Å². The van der Waals surface area contributed by atoms with E-state index in [2.05, 4.69) is 15.3 Å². The van der Waals surface area contributed by atoms with Crippen LogP contribution in [-0.2, 0) is 4.74 Å². The number of carbonyl (C=O) groups excluding carboxylic acids is 1. The Hall–Kier alpha value is -3.43. The van der Waals surface area contributed by atoms with Gasteiger partial charge < -0.3 is 25.0 Å². The quantitative estimate of drug-likeness (QED) is 0.643. The van der Waals surface area contributed by atoms with Crippen molar-refractivity contribution in [1.82, 2.24) is 14.9 Å². The molecule has 3 rings (SSSR count). The number of halogens is 1. The van der Waals surface area contributed by atoms with E-state index in [1.807, 2.05) is 11.9 Å². The monoisotopic (exact) mass is 431 g/mol. The number of nitrogens with zero attached hydrogens (tertiary/aromatic N) is 4. The molecule has 1 fully saturated rings. The normalized spacial score (nSPS) is 14.2. The van der Waals surface area contributed by atoms with Crippen molar-refractivity contribution in [1.29, 1.82) is 0 Å². The summed E-state index contributed by atoms with van der Waals surface area (Å²) in [4.78, 5) is 34.6. The van der Waals surface area contributed by atoms with Crippen LogP contribution in [0.1, 0.15) is 30.1 Å². The number of carbonyl (C=O) groups is 2. The van der Waals surface area contributed by atoms with E-state index in [-0.39, 0.29) is 17.9 Å². The summed E-state index contributed by atoms with van der Waals surface area (Å²) in [6.07, 6.45) is 2.11. The summed E-state index contributed by atoms with van der Waals surface area (Å²) in [7, 11) is 1.91. The number of esters is 1. The van der Waals surface area contributed by atoms with Gasteiger partial charge in [-0.1, -0.05) is 0 Å². The molecule has 0 unspecified atom stereocenters. The third-order valence-electron chi connectivity index (χ3n) is 5.20. The van der Waals surface area contributed by atoms with Gasteiger partial charge in [0.15, 0.2) is 0 Å². The van der Waals surface area contributed by atoms with Gasteiger partial charge in [-0.15, -0.1) is 0 Å². The summed E-state index contributed by atoms with van der Waals surface area (Å²) >= 11 is 0. The molecule has 0 atom stereocenters. The van der Waals surface area contributed by atoms with E-state index in [4.69, 9.17) is 9.84 Å². The number of amides is 1. The van der Waals surface area contributed by atoms with Crippen LogP contribution < -0.4 is 10.2 Å². The van der Waals surface area contributed by atoms with Gasteiger partial charge in [-0.25, -0.2) is 23.9 Å². The highest BCUT2D eigenvalue weighted by Gasteiger charge is 2.23. The van der Waals surface area contributed by atoms with Crippen LogP contribution >= 0.6 is 0 Å². The molecule has 31 heavy (non-hydrogen) atoms. The Morgan fingerprint density at radius 1 is 1.29 bits per heavy atom. The maximum absolute atomic E-state index is 14.4. The molecule has 166 valence electrons. The molecule has 1 amide bonds. The fourth-order valence-electron chi connectivity index (χ4n) is 3.51. The predicted molar refractivity (Wildman–Crippen MR) is 113 cm³/mol. The van der Waals surface area contributed by atoms with Gasteiger partial charge in [-0.3, -0.25) is 0 Å². The minimum Gasteiger partial charge on any atom is -0.465 e. The summed E-state index contributed by atoms with van der Waals surface area (Å²) < 4.78 is 19.3. The highest BCUT2D eigenvalue weighted by atomic mass is 19.1. The Labute approximate surface area is 179 Å². The molecule has 0 radical (unpaired) electrons. The number of anilines is 3. The van der Waals surface area contributed by atoms with Crippen molar-refractivity contribution in [2.75, 3.05) is 43.5 Å². The van der Waals surface area contributed by atoms with Gasteiger partial charge in [-0.2, -0.15) is 0 Å². The Balaban J connectivity index is 1.62. The molecule has 1 aliphatic rings. The van der Waals surface area contributed by atoms with Crippen LogP contribution in [0.15, 0.2) is 30.6 Å². The highest BCUT2D eigenvalue weighted by molar-refractivity contribution is 5.90. The van der Waals surface area contributed by atoms with Crippen LogP contribution in [0.2, 0.25) is 0 Å². The van der Waals surface area contributed by atoms with Crippen LogP contribution in [-0.4, -0.2) is 65.3 Å². The molecule has 1 saturated heterocycles. The molecule has 2 heterocycles. The molecule has 0 saturated carbocycles. The number of benzene rings is 1. The van der Waals surface area contributed by atoms with Crippen molar-refractivity contribution in [3.05, 3.63) is 42.0 Å². The molecule has 2 aromatic rings. The molecule has 1 aromatic heterocycles. The van der Waals surface area contributed by atoms with E-state index in [0.29, 0.717) is 30.6 Å². The minimum atomic E-state index is -0.874. The highest BCUT2D eigenvalue weighted by Crippen LogP contribution is 2.24. The first-order valence-corrected chi connectivity index (χ1v) is 10.1. The van der Waals surface area contributed by atoms with E-state index < -0.39 is 17.9 Å². The second-order valence-electron chi connectivity index (χ2n) is 7.40. The molecular weight excluding hydrogens is 405 g/mol. The Morgan fingerprint density at radius 2 is 2.03 bits per heavy atom. The Morgan fingerprint density at radius 3 is 2.68 bits per heavy atom. The third kappa shape index (κ3) is 5.80. The van der Waals surface area contributed by atoms with Crippen molar-refractivity contribution < 1.29 is 23.8 Å². The van der Waals surface area contributed by atoms with Gasteiger partial charge >= 0.3 is 12.1 Å². The second-order valence-corrected chi connectivity index (χ2v) is 7.40. The largest absolute Gasteiger partial charge is 0.465 e. The lowest BCUT2D eigenvalue weighted by Crippen LogP contribution is -2.40. The SMILES string of the molecule is CCOC(=O)c1ccc(Nc2cc(N(C)CC3CCN(C(=O)O)CC3)ncn2)c(F)c1. The zero-order valence-corrected chi connectivity index (χ0v) is 17.5. The van der Waals surface area contributed by atoms with E-state index in [9.17, 15) is 14.0 Å². The lowest BCUT2D eigenvalue weighted by atomic mass is 9.96.